The van der Waals surface area contributed by atoms with Crippen molar-refractivity contribution in [3.63, 3.8) is 0 Å². The van der Waals surface area contributed by atoms with Gasteiger partial charge in [0.1, 0.15) is 6.33 Å². The van der Waals surface area contributed by atoms with E-state index in [1.165, 1.54) is 17.4 Å². The Kier molecular flexibility index (Phi) is 3.14. The molecule has 0 aliphatic carbocycles. The molecule has 0 radical (unpaired) electrons. The second-order valence-corrected chi connectivity index (χ2v) is 5.70. The van der Waals surface area contributed by atoms with Crippen molar-refractivity contribution >= 4 is 22.0 Å². The van der Waals surface area contributed by atoms with E-state index in [4.69, 9.17) is 0 Å². The maximum absolute atomic E-state index is 11.2. The molecule has 9 heteroatoms. The third-order valence-corrected chi connectivity index (χ3v) is 4.60. The van der Waals surface area contributed by atoms with E-state index in [0.717, 1.165) is 5.82 Å². The van der Waals surface area contributed by atoms with Gasteiger partial charge in [0, 0.05) is 24.0 Å². The van der Waals surface area contributed by atoms with Crippen LogP contribution in [0, 0.1) is 10.1 Å². The Morgan fingerprint density at radius 1 is 1.55 bits per heavy atom. The van der Waals surface area contributed by atoms with Crippen LogP contribution in [0.1, 0.15) is 23.7 Å². The van der Waals surface area contributed by atoms with Crippen molar-refractivity contribution in [3.8, 4) is 0 Å². The third-order valence-electron chi connectivity index (χ3n) is 3.25. The number of hydrogen-bond acceptors (Lipinski definition) is 7. The molecule has 0 fully saturated rings. The van der Waals surface area contributed by atoms with Gasteiger partial charge in [0.15, 0.2) is 10.8 Å². The average Bonchev–Trinajstić information content (AvgIpc) is 3.04. The molecule has 3 rings (SSSR count). The highest BCUT2D eigenvalue weighted by Crippen LogP contribution is 2.41. The molecule has 106 valence electrons. The SMILES string of the molecule is CC(O)c1cc([N+](=O)[O-])c(N2CCn3cnnc3C2)s1. The first kappa shape index (κ1) is 13.0. The number of rotatable bonds is 3. The summed E-state index contributed by atoms with van der Waals surface area (Å²) in [5, 5.41) is 29.2. The molecule has 1 N–H and O–H groups in total. The predicted octanol–water partition coefficient (Wildman–Crippen LogP) is 1.32. The standard InChI is InChI=1S/C11H13N5O3S/c1-7(17)9-4-8(16(18)19)11(20-9)14-2-3-15-6-12-13-10(15)5-14/h4,6-7,17H,2-3,5H2,1H3. The van der Waals surface area contributed by atoms with Crippen LogP contribution in [0.5, 0.6) is 0 Å². The molecule has 0 aromatic carbocycles. The van der Waals surface area contributed by atoms with Crippen LogP contribution in [-0.2, 0) is 13.1 Å². The first-order valence-electron chi connectivity index (χ1n) is 6.14. The molecular formula is C11H13N5O3S. The zero-order valence-electron chi connectivity index (χ0n) is 10.8. The number of anilines is 1. The summed E-state index contributed by atoms with van der Waals surface area (Å²) in [5.74, 6) is 0.789. The van der Waals surface area contributed by atoms with Gasteiger partial charge in [-0.2, -0.15) is 0 Å². The molecule has 1 aliphatic rings. The number of nitrogens with zero attached hydrogens (tertiary/aromatic N) is 5. The van der Waals surface area contributed by atoms with Crippen LogP contribution in [-0.4, -0.2) is 31.3 Å². The smallest absolute Gasteiger partial charge is 0.304 e. The topological polar surface area (TPSA) is 97.3 Å². The van der Waals surface area contributed by atoms with E-state index in [1.807, 2.05) is 9.47 Å². The minimum atomic E-state index is -0.708. The van der Waals surface area contributed by atoms with Gasteiger partial charge in [-0.05, 0) is 6.92 Å². The fourth-order valence-electron chi connectivity index (χ4n) is 2.19. The number of aliphatic hydroxyl groups is 1. The molecule has 20 heavy (non-hydrogen) atoms. The van der Waals surface area contributed by atoms with Gasteiger partial charge in [-0.15, -0.1) is 21.5 Å². The summed E-state index contributed by atoms with van der Waals surface area (Å²) in [4.78, 5) is 13.3. The Morgan fingerprint density at radius 3 is 3.05 bits per heavy atom. The van der Waals surface area contributed by atoms with E-state index in [9.17, 15) is 15.2 Å². The van der Waals surface area contributed by atoms with E-state index < -0.39 is 11.0 Å². The molecule has 8 nitrogen and oxygen atoms in total. The molecule has 0 amide bonds. The van der Waals surface area contributed by atoms with Gasteiger partial charge in [0.05, 0.1) is 17.6 Å². The quantitative estimate of drug-likeness (QED) is 0.677. The van der Waals surface area contributed by atoms with Gasteiger partial charge in [0.2, 0.25) is 0 Å². The lowest BCUT2D eigenvalue weighted by atomic mass is 10.3. The summed E-state index contributed by atoms with van der Waals surface area (Å²) >= 11 is 1.26. The Labute approximate surface area is 118 Å². The Bertz CT molecular complexity index is 650. The molecule has 1 aliphatic heterocycles. The predicted molar refractivity (Wildman–Crippen MR) is 72.7 cm³/mol. The van der Waals surface area contributed by atoms with Crippen LogP contribution in [0.2, 0.25) is 0 Å². The summed E-state index contributed by atoms with van der Waals surface area (Å²) in [6.45, 7) is 3.44. The number of aliphatic hydroxyl groups excluding tert-OH is 1. The van der Waals surface area contributed by atoms with Crippen molar-refractivity contribution in [2.24, 2.45) is 0 Å². The van der Waals surface area contributed by atoms with Crippen LogP contribution in [0.3, 0.4) is 0 Å². The number of thiophene rings is 1. The highest BCUT2D eigenvalue weighted by Gasteiger charge is 2.28. The largest absolute Gasteiger partial charge is 0.388 e. The Hall–Kier alpha value is -2.00. The van der Waals surface area contributed by atoms with Gasteiger partial charge in [-0.1, -0.05) is 0 Å². The summed E-state index contributed by atoms with van der Waals surface area (Å²) in [6.07, 6.45) is 0.956. The lowest BCUT2D eigenvalue weighted by molar-refractivity contribution is -0.383. The highest BCUT2D eigenvalue weighted by atomic mass is 32.1. The fourth-order valence-corrected chi connectivity index (χ4v) is 3.28. The van der Waals surface area contributed by atoms with E-state index in [2.05, 4.69) is 10.2 Å². The van der Waals surface area contributed by atoms with E-state index in [-0.39, 0.29) is 5.69 Å². The molecule has 0 spiro atoms. The van der Waals surface area contributed by atoms with Crippen LogP contribution in [0.15, 0.2) is 12.4 Å². The molecule has 0 saturated carbocycles. The molecule has 1 atom stereocenters. The second kappa shape index (κ2) is 4.84. The molecule has 3 heterocycles. The van der Waals surface area contributed by atoms with E-state index in [0.29, 0.717) is 29.5 Å². The molecule has 0 bridgehead atoms. The number of fused-ring (bicyclic) bond motifs is 1. The zero-order valence-corrected chi connectivity index (χ0v) is 11.6. The molecule has 2 aromatic rings. The maximum atomic E-state index is 11.2. The van der Waals surface area contributed by atoms with Gasteiger partial charge in [-0.3, -0.25) is 10.1 Å². The number of hydrogen-bond donors (Lipinski definition) is 1. The fraction of sp³-hybridized carbons (Fsp3) is 0.455. The molecular weight excluding hydrogens is 282 g/mol. The monoisotopic (exact) mass is 295 g/mol. The average molecular weight is 295 g/mol. The molecule has 1 unspecified atom stereocenters. The summed E-state index contributed by atoms with van der Waals surface area (Å²) < 4.78 is 1.94. The normalized spacial score (nSPS) is 16.0. The van der Waals surface area contributed by atoms with Crippen LogP contribution >= 0.6 is 11.3 Å². The minimum Gasteiger partial charge on any atom is -0.388 e. The van der Waals surface area contributed by atoms with Gasteiger partial charge in [0.25, 0.3) is 0 Å². The van der Waals surface area contributed by atoms with Crippen molar-refractivity contribution in [2.75, 3.05) is 11.4 Å². The first-order valence-corrected chi connectivity index (χ1v) is 6.95. The van der Waals surface area contributed by atoms with Crippen molar-refractivity contribution < 1.29 is 10.0 Å². The van der Waals surface area contributed by atoms with Crippen LogP contribution < -0.4 is 4.90 Å². The Balaban J connectivity index is 1.96. The van der Waals surface area contributed by atoms with Crippen molar-refractivity contribution in [3.05, 3.63) is 33.2 Å². The summed E-state index contributed by atoms with van der Waals surface area (Å²) in [5.41, 5.74) is 0.0406. The van der Waals surface area contributed by atoms with E-state index in [1.54, 1.807) is 13.3 Å². The van der Waals surface area contributed by atoms with E-state index >= 15 is 0 Å². The lowest BCUT2D eigenvalue weighted by Gasteiger charge is -2.27. The number of aromatic nitrogens is 3. The van der Waals surface area contributed by atoms with Gasteiger partial charge in [-0.25, -0.2) is 0 Å². The van der Waals surface area contributed by atoms with Crippen LogP contribution in [0.25, 0.3) is 0 Å². The number of nitro groups is 1. The minimum absolute atomic E-state index is 0.0406. The maximum Gasteiger partial charge on any atom is 0.304 e. The van der Waals surface area contributed by atoms with Gasteiger partial charge >= 0.3 is 5.69 Å². The third kappa shape index (κ3) is 2.14. The van der Waals surface area contributed by atoms with Crippen LogP contribution in [0.4, 0.5) is 10.7 Å². The summed E-state index contributed by atoms with van der Waals surface area (Å²) in [6, 6.07) is 1.45. The lowest BCUT2D eigenvalue weighted by Crippen LogP contribution is -2.33. The van der Waals surface area contributed by atoms with Crippen molar-refractivity contribution in [2.45, 2.75) is 26.1 Å². The van der Waals surface area contributed by atoms with Crippen molar-refractivity contribution in [1.82, 2.24) is 14.8 Å². The second-order valence-electron chi connectivity index (χ2n) is 4.63. The van der Waals surface area contributed by atoms with Crippen molar-refractivity contribution in [1.29, 1.82) is 0 Å². The highest BCUT2D eigenvalue weighted by molar-refractivity contribution is 7.16. The Morgan fingerprint density at radius 2 is 2.35 bits per heavy atom. The van der Waals surface area contributed by atoms with Gasteiger partial charge < -0.3 is 14.6 Å². The molecule has 2 aromatic heterocycles. The first-order chi connectivity index (χ1) is 9.56. The molecule has 0 saturated heterocycles. The summed E-state index contributed by atoms with van der Waals surface area (Å²) in [7, 11) is 0. The zero-order chi connectivity index (χ0) is 14.3.